The lowest BCUT2D eigenvalue weighted by atomic mass is 10.1. The molecule has 1 fully saturated rings. The van der Waals surface area contributed by atoms with Gasteiger partial charge in [-0.05, 0) is 31.2 Å². The molecule has 1 aliphatic rings. The quantitative estimate of drug-likeness (QED) is 0.909. The van der Waals surface area contributed by atoms with E-state index >= 15 is 0 Å². The zero-order valence-corrected chi connectivity index (χ0v) is 11.7. The Balaban J connectivity index is 2.29. The van der Waals surface area contributed by atoms with Crippen LogP contribution in [0.4, 0.5) is 14.5 Å². The molecule has 1 aliphatic heterocycles. The topological polar surface area (TPSA) is 35.6 Å². The molecule has 0 saturated carbocycles. The molecule has 0 aliphatic carbocycles. The summed E-state index contributed by atoms with van der Waals surface area (Å²) in [4.78, 5) is 14.9. The number of halogens is 2. The summed E-state index contributed by atoms with van der Waals surface area (Å²) >= 11 is 0. The highest BCUT2D eigenvalue weighted by atomic mass is 19.1. The number of benzene rings is 1. The third kappa shape index (κ3) is 3.07. The molecule has 0 radical (unpaired) electrons. The lowest BCUT2D eigenvalue weighted by Crippen LogP contribution is -2.35. The van der Waals surface area contributed by atoms with E-state index in [4.69, 9.17) is 0 Å². The van der Waals surface area contributed by atoms with Crippen molar-refractivity contribution in [2.45, 2.75) is 13.0 Å². The van der Waals surface area contributed by atoms with Gasteiger partial charge in [0, 0.05) is 26.7 Å². The minimum atomic E-state index is -0.618. The first-order valence-electron chi connectivity index (χ1n) is 6.64. The molecule has 1 saturated heterocycles. The molecular weight excluding hydrogens is 264 g/mol. The molecule has 1 heterocycles. The summed E-state index contributed by atoms with van der Waals surface area (Å²) in [5, 5.41) is 2.85. The van der Waals surface area contributed by atoms with Crippen LogP contribution in [0.25, 0.3) is 0 Å². The molecule has 1 N–H and O–H groups in total. The Bertz CT molecular complexity index is 484. The maximum Gasteiger partial charge on any atom is 0.241 e. The monoisotopic (exact) mass is 283 g/mol. The molecule has 0 unspecified atom stereocenters. The first-order valence-corrected chi connectivity index (χ1v) is 6.64. The van der Waals surface area contributed by atoms with E-state index in [-0.39, 0.29) is 18.1 Å². The molecule has 0 atom stereocenters. The Hall–Kier alpha value is -1.69. The smallest absolute Gasteiger partial charge is 0.241 e. The molecule has 0 aromatic heterocycles. The second-order valence-electron chi connectivity index (χ2n) is 5.03. The van der Waals surface area contributed by atoms with Gasteiger partial charge in [0.1, 0.15) is 17.3 Å². The van der Waals surface area contributed by atoms with Gasteiger partial charge in [-0.25, -0.2) is 8.78 Å². The van der Waals surface area contributed by atoms with Crippen LogP contribution >= 0.6 is 0 Å². The van der Waals surface area contributed by atoms with Gasteiger partial charge in [0.2, 0.25) is 5.91 Å². The maximum atomic E-state index is 14.1. The van der Waals surface area contributed by atoms with Crippen molar-refractivity contribution >= 4 is 11.6 Å². The van der Waals surface area contributed by atoms with E-state index in [1.54, 1.807) is 19.0 Å². The van der Waals surface area contributed by atoms with Crippen molar-refractivity contribution in [1.29, 1.82) is 0 Å². The molecule has 6 heteroatoms. The largest absolute Gasteiger partial charge is 0.357 e. The van der Waals surface area contributed by atoms with Gasteiger partial charge in [-0.3, -0.25) is 4.79 Å². The standard InChI is InChI=1S/C14H19F2N3O/c1-17-8-10-6-11(15)14(12(16)7-10)19-5-3-4-18(2)13(20)9-19/h6-7,17H,3-5,8-9H2,1-2H3. The van der Waals surface area contributed by atoms with Crippen molar-refractivity contribution in [2.75, 3.05) is 38.6 Å². The number of hydrogen-bond donors (Lipinski definition) is 1. The molecular formula is C14H19F2N3O. The number of nitrogens with one attached hydrogen (secondary N) is 1. The van der Waals surface area contributed by atoms with E-state index in [9.17, 15) is 13.6 Å². The maximum absolute atomic E-state index is 14.1. The number of anilines is 1. The summed E-state index contributed by atoms with van der Waals surface area (Å²) in [5.74, 6) is -1.36. The molecule has 110 valence electrons. The number of rotatable bonds is 3. The molecule has 20 heavy (non-hydrogen) atoms. The zero-order valence-electron chi connectivity index (χ0n) is 11.7. The van der Waals surface area contributed by atoms with Gasteiger partial charge >= 0.3 is 0 Å². The van der Waals surface area contributed by atoms with Crippen molar-refractivity contribution in [3.05, 3.63) is 29.3 Å². The second-order valence-corrected chi connectivity index (χ2v) is 5.03. The van der Waals surface area contributed by atoms with Gasteiger partial charge < -0.3 is 15.1 Å². The Kier molecular flexibility index (Phi) is 4.54. The van der Waals surface area contributed by atoms with E-state index in [0.717, 1.165) is 0 Å². The van der Waals surface area contributed by atoms with Crippen molar-refractivity contribution in [2.24, 2.45) is 0 Å². The average Bonchev–Trinajstić information content (AvgIpc) is 2.52. The van der Waals surface area contributed by atoms with Crippen LogP contribution in [-0.2, 0) is 11.3 Å². The molecule has 2 rings (SSSR count). The van der Waals surface area contributed by atoms with Crippen molar-refractivity contribution in [3.8, 4) is 0 Å². The van der Waals surface area contributed by atoms with Crippen molar-refractivity contribution in [3.63, 3.8) is 0 Å². The number of carbonyl (C=O) groups excluding carboxylic acids is 1. The first kappa shape index (κ1) is 14.7. The van der Waals surface area contributed by atoms with Crippen LogP contribution in [0.15, 0.2) is 12.1 Å². The van der Waals surface area contributed by atoms with E-state index in [1.165, 1.54) is 17.0 Å². The third-order valence-corrected chi connectivity index (χ3v) is 3.45. The van der Waals surface area contributed by atoms with Gasteiger partial charge in [-0.15, -0.1) is 0 Å². The third-order valence-electron chi connectivity index (χ3n) is 3.45. The Labute approximate surface area is 117 Å². The van der Waals surface area contributed by atoms with Crippen LogP contribution in [0, 0.1) is 11.6 Å². The number of amides is 1. The Morgan fingerprint density at radius 1 is 1.25 bits per heavy atom. The minimum Gasteiger partial charge on any atom is -0.357 e. The van der Waals surface area contributed by atoms with E-state index in [2.05, 4.69) is 5.32 Å². The summed E-state index contributed by atoms with van der Waals surface area (Å²) < 4.78 is 28.3. The predicted octanol–water partition coefficient (Wildman–Crippen LogP) is 1.35. The summed E-state index contributed by atoms with van der Waals surface area (Å²) in [6.07, 6.45) is 0.694. The van der Waals surface area contributed by atoms with Crippen LogP contribution in [0.1, 0.15) is 12.0 Å². The average molecular weight is 283 g/mol. The highest BCUT2D eigenvalue weighted by Gasteiger charge is 2.24. The van der Waals surface area contributed by atoms with Gasteiger partial charge in [-0.1, -0.05) is 0 Å². The van der Waals surface area contributed by atoms with Crippen LogP contribution in [0.5, 0.6) is 0 Å². The van der Waals surface area contributed by atoms with Crippen LogP contribution < -0.4 is 10.2 Å². The predicted molar refractivity (Wildman–Crippen MR) is 73.6 cm³/mol. The van der Waals surface area contributed by atoms with Crippen molar-refractivity contribution < 1.29 is 13.6 Å². The second kappa shape index (κ2) is 6.17. The number of likely N-dealkylation sites (N-methyl/N-ethyl adjacent to an activating group) is 1. The summed E-state index contributed by atoms with van der Waals surface area (Å²) in [5.41, 5.74) is 0.443. The van der Waals surface area contributed by atoms with Crippen molar-refractivity contribution in [1.82, 2.24) is 10.2 Å². The number of carbonyl (C=O) groups is 1. The van der Waals surface area contributed by atoms with E-state index in [0.29, 0.717) is 31.6 Å². The van der Waals surface area contributed by atoms with Gasteiger partial charge in [0.15, 0.2) is 0 Å². The zero-order chi connectivity index (χ0) is 14.7. The molecule has 1 amide bonds. The van der Waals surface area contributed by atoms with E-state index in [1.807, 2.05) is 0 Å². The lowest BCUT2D eigenvalue weighted by Gasteiger charge is -2.23. The SMILES string of the molecule is CNCc1cc(F)c(N2CCCN(C)C(=O)C2)c(F)c1. The van der Waals surface area contributed by atoms with Crippen LogP contribution in [-0.4, -0.2) is 44.5 Å². The van der Waals surface area contributed by atoms with Crippen LogP contribution in [0.3, 0.4) is 0 Å². The normalized spacial score (nSPS) is 16.5. The minimum absolute atomic E-state index is 0.00964. The molecule has 1 aromatic rings. The van der Waals surface area contributed by atoms with Crippen LogP contribution in [0.2, 0.25) is 0 Å². The number of nitrogens with zero attached hydrogens (tertiary/aromatic N) is 2. The van der Waals surface area contributed by atoms with Gasteiger partial charge in [0.05, 0.1) is 6.54 Å². The first-order chi connectivity index (χ1) is 9.52. The highest BCUT2D eigenvalue weighted by Crippen LogP contribution is 2.26. The lowest BCUT2D eigenvalue weighted by molar-refractivity contribution is -0.127. The highest BCUT2D eigenvalue weighted by molar-refractivity contribution is 5.81. The fourth-order valence-corrected chi connectivity index (χ4v) is 2.40. The summed E-state index contributed by atoms with van der Waals surface area (Å²) in [6, 6.07) is 2.63. The molecule has 4 nitrogen and oxygen atoms in total. The number of hydrogen-bond acceptors (Lipinski definition) is 3. The fourth-order valence-electron chi connectivity index (χ4n) is 2.40. The molecule has 1 aromatic carbocycles. The Morgan fingerprint density at radius 2 is 1.90 bits per heavy atom. The van der Waals surface area contributed by atoms with Gasteiger partial charge in [0.25, 0.3) is 0 Å². The molecule has 0 bridgehead atoms. The van der Waals surface area contributed by atoms with Gasteiger partial charge in [-0.2, -0.15) is 0 Å². The summed E-state index contributed by atoms with van der Waals surface area (Å²) in [6.45, 7) is 1.48. The van der Waals surface area contributed by atoms with E-state index < -0.39 is 11.6 Å². The molecule has 0 spiro atoms. The summed E-state index contributed by atoms with van der Waals surface area (Å²) in [7, 11) is 3.42. The Morgan fingerprint density at radius 3 is 2.50 bits per heavy atom. The fraction of sp³-hybridized carbons (Fsp3) is 0.500.